The Balaban J connectivity index is 3.11. The van der Waals surface area contributed by atoms with Gasteiger partial charge in [-0.15, -0.1) is 0 Å². The fourth-order valence-electron chi connectivity index (χ4n) is 0. The van der Waals surface area contributed by atoms with Gasteiger partial charge in [-0.1, -0.05) is 0 Å². The van der Waals surface area contributed by atoms with Crippen LogP contribution in [0.2, 0.25) is 0 Å². The van der Waals surface area contributed by atoms with E-state index < -0.39 is 0 Å². The number of nitrogens with zero attached hydrogens (tertiary/aromatic N) is 1. The van der Waals surface area contributed by atoms with Crippen LogP contribution in [0.1, 0.15) is 0 Å². The number of carbonyl (C=O) groups excluding carboxylic acids is 1. The third-order valence-electron chi connectivity index (χ3n) is 0.0527. The summed E-state index contributed by atoms with van der Waals surface area (Å²) >= 11 is 0.642. The number of isocyanates is 1. The molecule has 0 aromatic heterocycles. The molecule has 0 aliphatic heterocycles. The molecule has 0 spiro atoms. The van der Waals surface area contributed by atoms with Gasteiger partial charge in [0.2, 0.25) is 0 Å². The van der Waals surface area contributed by atoms with Crippen LogP contribution in [0.25, 0.3) is 0 Å². The molecule has 0 aromatic rings. The van der Waals surface area contributed by atoms with Crippen LogP contribution in [0.3, 0.4) is 0 Å². The van der Waals surface area contributed by atoms with Crippen molar-refractivity contribution in [2.24, 2.45) is 3.15 Å². The number of rotatable bonds is 0. The summed E-state index contributed by atoms with van der Waals surface area (Å²) in [4.78, 5) is 8.91. The van der Waals surface area contributed by atoms with E-state index in [1.807, 2.05) is 0 Å². The number of hydrogen-bond donors (Lipinski definition) is 0. The zero-order valence-electron chi connectivity index (χ0n) is 1.93. The Bertz CT molecular complexity index is 46.0. The molecule has 0 unspecified atom stereocenters. The van der Waals surface area contributed by atoms with Crippen molar-refractivity contribution in [3.63, 3.8) is 0 Å². The molecule has 0 aliphatic rings. The Morgan fingerprint density at radius 1 is 2.00 bits per heavy atom. The summed E-state index contributed by atoms with van der Waals surface area (Å²) in [7, 11) is 0. The first-order valence-corrected chi connectivity index (χ1v) is 2.16. The van der Waals surface area contributed by atoms with Crippen molar-refractivity contribution in [2.45, 2.75) is 0 Å². The monoisotopic (exact) mass is 165 g/mol. The predicted molar refractivity (Wildman–Crippen MR) is 16.7 cm³/mol. The van der Waals surface area contributed by atoms with Crippen molar-refractivity contribution in [3.8, 4) is 0 Å². The van der Waals surface area contributed by atoms with E-state index in [0.29, 0.717) is 23.3 Å². The van der Waals surface area contributed by atoms with Crippen molar-refractivity contribution >= 4 is 29.4 Å². The van der Waals surface area contributed by atoms with Crippen molar-refractivity contribution in [1.82, 2.24) is 0 Å². The second kappa shape index (κ2) is 3.20. The molecule has 3 heteroatoms. The van der Waals surface area contributed by atoms with Gasteiger partial charge in [-0.2, -0.15) is 0 Å². The molecule has 0 bridgehead atoms. The standard InChI is InChI=1S/CNO.Sb.2H/c2-1-3;;;/q-1;+1;;. The van der Waals surface area contributed by atoms with Crippen LogP contribution in [-0.2, 0) is 4.79 Å². The van der Waals surface area contributed by atoms with E-state index in [2.05, 4.69) is 3.15 Å². The average molecular weight is 166 g/mol. The molecule has 0 aliphatic carbocycles. The van der Waals surface area contributed by atoms with Crippen LogP contribution in [0.5, 0.6) is 0 Å². The van der Waals surface area contributed by atoms with Gasteiger partial charge in [0, 0.05) is 0 Å². The summed E-state index contributed by atoms with van der Waals surface area (Å²) in [5.74, 6) is 0. The van der Waals surface area contributed by atoms with E-state index in [1.54, 1.807) is 0 Å². The summed E-state index contributed by atoms with van der Waals surface area (Å²) in [5, 5.41) is 0. The van der Waals surface area contributed by atoms with E-state index in [0.717, 1.165) is 0 Å². The second-order valence-electron chi connectivity index (χ2n) is 0.220. The molecule has 22 valence electrons. The summed E-state index contributed by atoms with van der Waals surface area (Å²) in [6.07, 6.45) is 1.36. The summed E-state index contributed by atoms with van der Waals surface area (Å²) < 4.78 is 3.06. The summed E-state index contributed by atoms with van der Waals surface area (Å²) in [6, 6.07) is 0. The SMILES string of the molecule is O=C=[N][SbH2]. The minimum atomic E-state index is 0.642. The first-order valence-electron chi connectivity index (χ1n) is 0.686. The van der Waals surface area contributed by atoms with Gasteiger partial charge in [0.15, 0.2) is 0 Å². The maximum absolute atomic E-state index is 8.91. The van der Waals surface area contributed by atoms with E-state index >= 15 is 0 Å². The molecular weight excluding hydrogens is 164 g/mol. The van der Waals surface area contributed by atoms with Crippen LogP contribution in [0.15, 0.2) is 3.15 Å². The van der Waals surface area contributed by atoms with E-state index in [-0.39, 0.29) is 0 Å². The van der Waals surface area contributed by atoms with E-state index in [1.165, 1.54) is 6.08 Å². The first-order chi connectivity index (χ1) is 1.91. The molecule has 0 saturated carbocycles. The summed E-state index contributed by atoms with van der Waals surface area (Å²) in [5.41, 5.74) is 0. The number of hydrogen-bond acceptors (Lipinski definition) is 2. The molecule has 0 aromatic carbocycles. The fraction of sp³-hybridized carbons (Fsp3) is 0. The summed E-state index contributed by atoms with van der Waals surface area (Å²) in [6.45, 7) is 0. The van der Waals surface area contributed by atoms with Crippen molar-refractivity contribution in [3.05, 3.63) is 0 Å². The average Bonchev–Trinajstić information content (AvgIpc) is 1.37. The third kappa shape index (κ3) is 2.20. The van der Waals surface area contributed by atoms with Gasteiger partial charge in [0.05, 0.1) is 0 Å². The molecule has 0 amide bonds. The van der Waals surface area contributed by atoms with Crippen LogP contribution in [0, 0.1) is 0 Å². The predicted octanol–water partition coefficient (Wildman–Crippen LogP) is -1.13. The van der Waals surface area contributed by atoms with Gasteiger partial charge in [-0.3, -0.25) is 0 Å². The Morgan fingerprint density at radius 3 is 2.25 bits per heavy atom. The van der Waals surface area contributed by atoms with Crippen LogP contribution < -0.4 is 0 Å². The minimum absolute atomic E-state index is 0.642. The molecule has 4 heavy (non-hydrogen) atoms. The van der Waals surface area contributed by atoms with Crippen LogP contribution in [0.4, 0.5) is 0 Å². The van der Waals surface area contributed by atoms with Gasteiger partial charge >= 0.3 is 37.3 Å². The Kier molecular flexibility index (Phi) is 3.36. The van der Waals surface area contributed by atoms with Gasteiger partial charge < -0.3 is 0 Å². The zero-order valence-corrected chi connectivity index (χ0v) is 5.23. The van der Waals surface area contributed by atoms with E-state index in [9.17, 15) is 0 Å². The van der Waals surface area contributed by atoms with Gasteiger partial charge in [-0.25, -0.2) is 0 Å². The Labute approximate surface area is 37.8 Å². The Hall–Kier alpha value is 0.198. The quantitative estimate of drug-likeness (QED) is 0.254. The molecule has 0 heterocycles. The van der Waals surface area contributed by atoms with Gasteiger partial charge in [0.25, 0.3) is 0 Å². The van der Waals surface area contributed by atoms with Crippen LogP contribution >= 0.6 is 0 Å². The molecule has 0 saturated heterocycles. The molecule has 0 rings (SSSR count). The first kappa shape index (κ1) is 4.20. The molecule has 2 nitrogen and oxygen atoms in total. The van der Waals surface area contributed by atoms with Crippen molar-refractivity contribution in [1.29, 1.82) is 0 Å². The van der Waals surface area contributed by atoms with Crippen molar-refractivity contribution in [2.75, 3.05) is 0 Å². The zero-order chi connectivity index (χ0) is 3.41. The molecular formula is CH2NOSb. The van der Waals surface area contributed by atoms with Gasteiger partial charge in [-0.05, 0) is 0 Å². The normalized spacial score (nSPS) is 4.25. The second-order valence-corrected chi connectivity index (χ2v) is 0.957. The maximum atomic E-state index is 8.91. The fourth-order valence-corrected chi connectivity index (χ4v) is 0. The molecule has 0 radical (unpaired) electrons. The van der Waals surface area contributed by atoms with E-state index in [4.69, 9.17) is 4.79 Å². The molecule has 0 N–H and O–H groups in total. The Morgan fingerprint density at radius 2 is 2.25 bits per heavy atom. The third-order valence-corrected chi connectivity index (χ3v) is 0.354. The van der Waals surface area contributed by atoms with Gasteiger partial charge in [0.1, 0.15) is 0 Å². The molecule has 0 fully saturated rings. The van der Waals surface area contributed by atoms with Crippen molar-refractivity contribution < 1.29 is 4.79 Å². The topological polar surface area (TPSA) is 29.4 Å². The van der Waals surface area contributed by atoms with Crippen LogP contribution in [-0.4, -0.2) is 29.4 Å². The molecule has 0 atom stereocenters.